The fourth-order valence-corrected chi connectivity index (χ4v) is 3.06. The molecule has 2 aromatic heterocycles. The smallest absolute Gasteiger partial charge is 0.311 e. The molecule has 0 radical (unpaired) electrons. The Bertz CT molecular complexity index is 575. The zero-order valence-electron chi connectivity index (χ0n) is 11.9. The third kappa shape index (κ3) is 4.04. The second-order valence-corrected chi connectivity index (χ2v) is 5.99. The molecule has 2 rings (SSSR count). The van der Waals surface area contributed by atoms with Crippen molar-refractivity contribution in [2.24, 2.45) is 0 Å². The van der Waals surface area contributed by atoms with E-state index in [9.17, 15) is 13.2 Å². The molecule has 0 saturated heterocycles. The van der Waals surface area contributed by atoms with Crippen LogP contribution in [0.4, 0.5) is 13.2 Å². The van der Waals surface area contributed by atoms with Gasteiger partial charge in [-0.3, -0.25) is 4.98 Å². The zero-order chi connectivity index (χ0) is 15.5. The highest BCUT2D eigenvalue weighted by Gasteiger charge is 2.30. The Balaban J connectivity index is 2.13. The van der Waals surface area contributed by atoms with E-state index in [1.54, 1.807) is 18.4 Å². The minimum atomic E-state index is -4.34. The van der Waals surface area contributed by atoms with Crippen molar-refractivity contribution in [2.75, 3.05) is 7.05 Å². The summed E-state index contributed by atoms with van der Waals surface area (Å²) in [6.45, 7) is 2.10. The Kier molecular flexibility index (Phi) is 5.00. The van der Waals surface area contributed by atoms with Gasteiger partial charge in [0.2, 0.25) is 0 Å². The molecule has 1 unspecified atom stereocenters. The van der Waals surface area contributed by atoms with E-state index in [1.807, 2.05) is 0 Å². The molecular weight excluding hydrogens is 297 g/mol. The maximum absolute atomic E-state index is 12.5. The number of hydrogen-bond acceptors (Lipinski definition) is 3. The van der Waals surface area contributed by atoms with Gasteiger partial charge in [0.15, 0.2) is 0 Å². The number of pyridine rings is 1. The number of rotatable bonds is 5. The van der Waals surface area contributed by atoms with Crippen molar-refractivity contribution < 1.29 is 13.2 Å². The predicted molar refractivity (Wildman–Crippen MR) is 78.4 cm³/mol. The number of aromatic nitrogens is 1. The first-order valence-electron chi connectivity index (χ1n) is 6.72. The third-order valence-corrected chi connectivity index (χ3v) is 4.54. The Morgan fingerprint density at radius 3 is 2.38 bits per heavy atom. The third-order valence-electron chi connectivity index (χ3n) is 3.29. The van der Waals surface area contributed by atoms with Crippen molar-refractivity contribution in [1.82, 2.24) is 10.3 Å². The molecule has 2 nitrogen and oxygen atoms in total. The van der Waals surface area contributed by atoms with E-state index in [1.165, 1.54) is 15.8 Å². The normalized spacial score (nSPS) is 13.4. The van der Waals surface area contributed by atoms with E-state index in [4.69, 9.17) is 0 Å². The highest BCUT2D eigenvalue weighted by atomic mass is 32.1. The Morgan fingerprint density at radius 2 is 1.90 bits per heavy atom. The Labute approximate surface area is 126 Å². The Hall–Kier alpha value is -1.40. The summed E-state index contributed by atoms with van der Waals surface area (Å²) in [5, 5.41) is 3.12. The lowest BCUT2D eigenvalue weighted by atomic mass is 10.1. The van der Waals surface area contributed by atoms with Crippen molar-refractivity contribution in [1.29, 1.82) is 0 Å². The van der Waals surface area contributed by atoms with Gasteiger partial charge in [0.05, 0.1) is 17.3 Å². The summed E-state index contributed by atoms with van der Waals surface area (Å²) in [7, 11) is 1.79. The fraction of sp³-hybridized carbons (Fsp3) is 0.400. The number of thiophene rings is 1. The molecular formula is C15H17F3N2S. The molecule has 0 aliphatic heterocycles. The molecule has 0 spiro atoms. The van der Waals surface area contributed by atoms with Gasteiger partial charge >= 0.3 is 6.18 Å². The van der Waals surface area contributed by atoms with Gasteiger partial charge in [-0.1, -0.05) is 6.92 Å². The molecule has 0 fully saturated rings. The van der Waals surface area contributed by atoms with Gasteiger partial charge in [-0.25, -0.2) is 0 Å². The molecule has 0 saturated carbocycles. The van der Waals surface area contributed by atoms with Gasteiger partial charge in [0.1, 0.15) is 0 Å². The lowest BCUT2D eigenvalue weighted by Gasteiger charge is -2.15. The molecule has 0 aromatic carbocycles. The van der Waals surface area contributed by atoms with Crippen LogP contribution in [0.2, 0.25) is 0 Å². The summed E-state index contributed by atoms with van der Waals surface area (Å²) in [5.41, 5.74) is -0.0950. The van der Waals surface area contributed by atoms with E-state index >= 15 is 0 Å². The first kappa shape index (κ1) is 16.0. The summed E-state index contributed by atoms with van der Waals surface area (Å²) in [6.07, 6.45) is -1.73. The lowest BCUT2D eigenvalue weighted by Crippen LogP contribution is -2.20. The number of likely N-dealkylation sites (N-methyl/N-ethyl adjacent to an activating group) is 1. The summed E-state index contributed by atoms with van der Waals surface area (Å²) >= 11 is 1.73. The van der Waals surface area contributed by atoms with Gasteiger partial charge < -0.3 is 5.32 Å². The molecule has 2 aromatic rings. The van der Waals surface area contributed by atoms with Crippen LogP contribution in [0, 0.1) is 0 Å². The molecule has 2 heterocycles. The van der Waals surface area contributed by atoms with Crippen LogP contribution < -0.4 is 5.32 Å². The van der Waals surface area contributed by atoms with E-state index in [-0.39, 0.29) is 6.04 Å². The maximum atomic E-state index is 12.5. The van der Waals surface area contributed by atoms with Crippen molar-refractivity contribution >= 4 is 11.3 Å². The second kappa shape index (κ2) is 6.58. The van der Waals surface area contributed by atoms with Gasteiger partial charge in [0.25, 0.3) is 0 Å². The van der Waals surface area contributed by atoms with Crippen molar-refractivity contribution in [2.45, 2.75) is 32.0 Å². The van der Waals surface area contributed by atoms with Crippen LogP contribution in [0.15, 0.2) is 30.5 Å². The van der Waals surface area contributed by atoms with Crippen LogP contribution in [-0.4, -0.2) is 12.0 Å². The average Bonchev–Trinajstić information content (AvgIpc) is 2.92. The van der Waals surface area contributed by atoms with Crippen LogP contribution >= 0.6 is 11.3 Å². The number of alkyl halides is 3. The minimum absolute atomic E-state index is 0.0874. The molecule has 114 valence electrons. The molecule has 0 amide bonds. The highest BCUT2D eigenvalue weighted by molar-refractivity contribution is 7.11. The SMILES string of the molecule is CCc1ccc(CC(NC)c2ccc(C(F)(F)F)cn2)s1. The first-order valence-corrected chi connectivity index (χ1v) is 7.53. The number of aryl methyl sites for hydroxylation is 1. The van der Waals surface area contributed by atoms with Gasteiger partial charge in [0, 0.05) is 22.4 Å². The van der Waals surface area contributed by atoms with Gasteiger partial charge in [-0.15, -0.1) is 11.3 Å². The van der Waals surface area contributed by atoms with Crippen molar-refractivity contribution in [3.8, 4) is 0 Å². The van der Waals surface area contributed by atoms with Gasteiger partial charge in [-0.05, 0) is 37.7 Å². The number of nitrogens with zero attached hydrogens (tertiary/aromatic N) is 1. The van der Waals surface area contributed by atoms with E-state index in [0.29, 0.717) is 5.69 Å². The minimum Gasteiger partial charge on any atom is -0.311 e. The lowest BCUT2D eigenvalue weighted by molar-refractivity contribution is -0.137. The predicted octanol–water partition coefficient (Wildman–Crippen LogP) is 4.23. The average molecular weight is 314 g/mol. The molecule has 0 aliphatic carbocycles. The monoisotopic (exact) mass is 314 g/mol. The van der Waals surface area contributed by atoms with Crippen LogP contribution in [0.1, 0.15) is 34.0 Å². The van der Waals surface area contributed by atoms with Crippen molar-refractivity contribution in [3.63, 3.8) is 0 Å². The molecule has 0 aliphatic rings. The molecule has 1 N–H and O–H groups in total. The number of hydrogen-bond donors (Lipinski definition) is 1. The van der Waals surface area contributed by atoms with E-state index in [2.05, 4.69) is 29.4 Å². The topological polar surface area (TPSA) is 24.9 Å². The zero-order valence-corrected chi connectivity index (χ0v) is 12.7. The maximum Gasteiger partial charge on any atom is 0.417 e. The van der Waals surface area contributed by atoms with Crippen LogP contribution in [0.3, 0.4) is 0 Å². The molecule has 0 bridgehead atoms. The largest absolute Gasteiger partial charge is 0.417 e. The number of halogens is 3. The highest BCUT2D eigenvalue weighted by Crippen LogP contribution is 2.29. The van der Waals surface area contributed by atoms with Crippen LogP contribution in [0.5, 0.6) is 0 Å². The summed E-state index contributed by atoms with van der Waals surface area (Å²) in [4.78, 5) is 6.47. The van der Waals surface area contributed by atoms with Crippen LogP contribution in [-0.2, 0) is 19.0 Å². The summed E-state index contributed by atoms with van der Waals surface area (Å²) in [6, 6.07) is 6.59. The quantitative estimate of drug-likeness (QED) is 0.893. The Morgan fingerprint density at radius 1 is 1.19 bits per heavy atom. The summed E-state index contributed by atoms with van der Waals surface area (Å²) in [5.74, 6) is 0. The van der Waals surface area contributed by atoms with Gasteiger partial charge in [-0.2, -0.15) is 13.2 Å². The second-order valence-electron chi connectivity index (χ2n) is 4.74. The molecule has 6 heteroatoms. The first-order chi connectivity index (χ1) is 9.94. The standard InChI is InChI=1S/C15H17F3N2S/c1-3-11-5-6-12(21-11)8-14(19-2)13-7-4-10(9-20-13)15(16,17)18/h4-7,9,14,19H,3,8H2,1-2H3. The molecule has 1 atom stereocenters. The molecule has 21 heavy (non-hydrogen) atoms. The summed E-state index contributed by atoms with van der Waals surface area (Å²) < 4.78 is 37.6. The number of nitrogens with one attached hydrogen (secondary N) is 1. The fourth-order valence-electron chi connectivity index (χ4n) is 2.06. The van der Waals surface area contributed by atoms with Crippen LogP contribution in [0.25, 0.3) is 0 Å². The van der Waals surface area contributed by atoms with E-state index in [0.717, 1.165) is 25.1 Å². The van der Waals surface area contributed by atoms with E-state index < -0.39 is 11.7 Å². The van der Waals surface area contributed by atoms with Crippen molar-refractivity contribution in [3.05, 3.63) is 51.5 Å².